The van der Waals surface area contributed by atoms with Gasteiger partial charge in [0, 0.05) is 12.8 Å². The highest BCUT2D eigenvalue weighted by atomic mass is 79.9. The zero-order valence-corrected chi connectivity index (χ0v) is 15.0. The van der Waals surface area contributed by atoms with Crippen LogP contribution in [0.25, 0.3) is 0 Å². The van der Waals surface area contributed by atoms with Gasteiger partial charge in [-0.2, -0.15) is 0 Å². The highest BCUT2D eigenvalue weighted by molar-refractivity contribution is 9.10. The van der Waals surface area contributed by atoms with Crippen LogP contribution in [0.15, 0.2) is 4.47 Å². The average Bonchev–Trinajstić information content (AvgIpc) is 2.35. The minimum Gasteiger partial charge on any atom is -0.369 e. The van der Waals surface area contributed by atoms with Gasteiger partial charge in [-0.15, -0.1) is 0 Å². The van der Waals surface area contributed by atoms with Gasteiger partial charge >= 0.3 is 0 Å². The summed E-state index contributed by atoms with van der Waals surface area (Å²) >= 11 is 3.51. The van der Waals surface area contributed by atoms with Gasteiger partial charge in [0.15, 0.2) is 9.84 Å². The normalized spacial score (nSPS) is 13.6. The van der Waals surface area contributed by atoms with Crippen LogP contribution >= 0.6 is 15.9 Å². The number of aromatic nitrogens is 2. The molecule has 1 unspecified atom stereocenters. The molecule has 0 aliphatic rings. The summed E-state index contributed by atoms with van der Waals surface area (Å²) in [4.78, 5) is 8.80. The number of anilines is 1. The Morgan fingerprint density at radius 3 is 2.30 bits per heavy atom. The van der Waals surface area contributed by atoms with Gasteiger partial charge < -0.3 is 5.32 Å². The number of rotatable bonds is 6. The summed E-state index contributed by atoms with van der Waals surface area (Å²) in [6.45, 7) is 8.49. The lowest BCUT2D eigenvalue weighted by molar-refractivity contribution is 0.588. The number of nitrogens with one attached hydrogen (secondary N) is 1. The summed E-state index contributed by atoms with van der Waals surface area (Å²) in [6, 6.07) is 0. The molecular formula is C13H22BrN3O2S. The molecule has 1 aromatic heterocycles. The van der Waals surface area contributed by atoms with Crippen molar-refractivity contribution in [2.75, 3.05) is 18.1 Å². The lowest BCUT2D eigenvalue weighted by atomic mass is 10.1. The van der Waals surface area contributed by atoms with Crippen LogP contribution in [0.3, 0.4) is 0 Å². The van der Waals surface area contributed by atoms with E-state index in [0.29, 0.717) is 11.6 Å². The Bertz CT molecular complexity index is 573. The number of hydrogen-bond donors (Lipinski definition) is 1. The van der Waals surface area contributed by atoms with E-state index in [-0.39, 0.29) is 5.92 Å². The topological polar surface area (TPSA) is 72.0 Å². The molecule has 20 heavy (non-hydrogen) atoms. The molecule has 0 amide bonds. The van der Waals surface area contributed by atoms with Crippen molar-refractivity contribution in [3.63, 3.8) is 0 Å². The molecule has 7 heteroatoms. The van der Waals surface area contributed by atoms with E-state index in [1.807, 2.05) is 13.8 Å². The molecule has 0 radical (unpaired) electrons. The molecule has 1 atom stereocenters. The van der Waals surface area contributed by atoms with Crippen molar-refractivity contribution in [3.8, 4) is 0 Å². The second-order valence-corrected chi connectivity index (χ2v) is 8.34. The first-order valence-corrected chi connectivity index (χ1v) is 9.43. The summed E-state index contributed by atoms with van der Waals surface area (Å²) in [5.74, 6) is 1.19. The Morgan fingerprint density at radius 2 is 1.85 bits per heavy atom. The Kier molecular flexibility index (Phi) is 5.94. The standard InChI is InChI=1S/C13H22BrN3O2S/c1-6-7-15-13-10(14)11(8(2)3)16-12(17-13)9(4)20(5,18)19/h8-9H,6-7H2,1-5H3,(H,15,16,17). The maximum Gasteiger partial charge on any atom is 0.157 e. The number of nitrogens with zero attached hydrogens (tertiary/aromatic N) is 2. The maximum absolute atomic E-state index is 11.7. The molecule has 1 rings (SSSR count). The Morgan fingerprint density at radius 1 is 1.25 bits per heavy atom. The van der Waals surface area contributed by atoms with Crippen molar-refractivity contribution < 1.29 is 8.42 Å². The van der Waals surface area contributed by atoms with Gasteiger partial charge in [0.25, 0.3) is 0 Å². The van der Waals surface area contributed by atoms with E-state index in [4.69, 9.17) is 0 Å². The molecule has 1 heterocycles. The molecule has 1 N–H and O–H groups in total. The van der Waals surface area contributed by atoms with Crippen LogP contribution in [-0.4, -0.2) is 31.2 Å². The molecule has 0 saturated carbocycles. The van der Waals surface area contributed by atoms with Gasteiger partial charge in [-0.3, -0.25) is 0 Å². The molecule has 0 bridgehead atoms. The lowest BCUT2D eigenvalue weighted by Gasteiger charge is -2.17. The van der Waals surface area contributed by atoms with Crippen LogP contribution in [0.2, 0.25) is 0 Å². The SMILES string of the molecule is CCCNc1nc(C(C)S(C)(=O)=O)nc(C(C)C)c1Br. The molecule has 0 aliphatic heterocycles. The van der Waals surface area contributed by atoms with E-state index >= 15 is 0 Å². The molecule has 5 nitrogen and oxygen atoms in total. The molecule has 0 spiro atoms. The summed E-state index contributed by atoms with van der Waals surface area (Å²) in [5.41, 5.74) is 0.823. The number of halogens is 1. The second-order valence-electron chi connectivity index (χ2n) is 5.18. The Labute approximate surface area is 129 Å². The van der Waals surface area contributed by atoms with E-state index < -0.39 is 15.1 Å². The van der Waals surface area contributed by atoms with Crippen molar-refractivity contribution in [3.05, 3.63) is 16.0 Å². The fraction of sp³-hybridized carbons (Fsp3) is 0.692. The molecule has 0 aromatic carbocycles. The first-order chi connectivity index (χ1) is 9.18. The van der Waals surface area contributed by atoms with Gasteiger partial charge in [-0.05, 0) is 35.2 Å². The first-order valence-electron chi connectivity index (χ1n) is 6.68. The van der Waals surface area contributed by atoms with Crippen molar-refractivity contribution in [1.82, 2.24) is 9.97 Å². The van der Waals surface area contributed by atoms with Crippen LogP contribution in [0.1, 0.15) is 56.8 Å². The second kappa shape index (κ2) is 6.85. The molecule has 114 valence electrons. The quantitative estimate of drug-likeness (QED) is 0.839. The first kappa shape index (κ1) is 17.4. The van der Waals surface area contributed by atoms with Crippen LogP contribution in [-0.2, 0) is 9.84 Å². The predicted octanol–water partition coefficient (Wildman–Crippen LogP) is 3.29. The van der Waals surface area contributed by atoms with Gasteiger partial charge in [-0.25, -0.2) is 18.4 Å². The van der Waals surface area contributed by atoms with Gasteiger partial charge in [0.05, 0.1) is 10.2 Å². The van der Waals surface area contributed by atoms with Crippen LogP contribution in [0.4, 0.5) is 5.82 Å². The van der Waals surface area contributed by atoms with Crippen molar-refractivity contribution in [2.45, 2.75) is 45.3 Å². The fourth-order valence-corrected chi connectivity index (χ4v) is 2.86. The summed E-state index contributed by atoms with van der Waals surface area (Å²) in [6.07, 6.45) is 2.17. The highest BCUT2D eigenvalue weighted by Gasteiger charge is 2.24. The Hall–Kier alpha value is -0.690. The van der Waals surface area contributed by atoms with E-state index in [9.17, 15) is 8.42 Å². The third-order valence-corrected chi connectivity index (χ3v) is 5.27. The van der Waals surface area contributed by atoms with E-state index in [0.717, 1.165) is 23.1 Å². The van der Waals surface area contributed by atoms with Gasteiger partial charge in [0.2, 0.25) is 0 Å². The van der Waals surface area contributed by atoms with E-state index in [1.165, 1.54) is 6.26 Å². The van der Waals surface area contributed by atoms with Gasteiger partial charge in [0.1, 0.15) is 16.9 Å². The van der Waals surface area contributed by atoms with Crippen LogP contribution < -0.4 is 5.32 Å². The summed E-state index contributed by atoms with van der Waals surface area (Å²) < 4.78 is 24.2. The predicted molar refractivity (Wildman–Crippen MR) is 85.9 cm³/mol. The summed E-state index contributed by atoms with van der Waals surface area (Å²) in [5, 5.41) is 2.50. The molecular weight excluding hydrogens is 342 g/mol. The van der Waals surface area contributed by atoms with Crippen molar-refractivity contribution in [2.24, 2.45) is 0 Å². The third-order valence-electron chi connectivity index (χ3n) is 2.99. The molecule has 0 fully saturated rings. The Balaban J connectivity index is 3.36. The zero-order valence-electron chi connectivity index (χ0n) is 12.6. The zero-order chi connectivity index (χ0) is 15.5. The molecule has 0 saturated heterocycles. The largest absolute Gasteiger partial charge is 0.369 e. The number of hydrogen-bond acceptors (Lipinski definition) is 5. The average molecular weight is 364 g/mol. The highest BCUT2D eigenvalue weighted by Crippen LogP contribution is 2.31. The number of sulfone groups is 1. The lowest BCUT2D eigenvalue weighted by Crippen LogP contribution is -2.16. The summed E-state index contributed by atoms with van der Waals surface area (Å²) in [7, 11) is -3.22. The van der Waals surface area contributed by atoms with Crippen molar-refractivity contribution in [1.29, 1.82) is 0 Å². The van der Waals surface area contributed by atoms with Crippen LogP contribution in [0.5, 0.6) is 0 Å². The van der Waals surface area contributed by atoms with E-state index in [2.05, 4.69) is 38.1 Å². The minimum absolute atomic E-state index is 0.181. The smallest absolute Gasteiger partial charge is 0.157 e. The van der Waals surface area contributed by atoms with Gasteiger partial charge in [-0.1, -0.05) is 20.8 Å². The maximum atomic E-state index is 11.7. The monoisotopic (exact) mass is 363 g/mol. The van der Waals surface area contributed by atoms with Crippen molar-refractivity contribution >= 4 is 31.6 Å². The van der Waals surface area contributed by atoms with E-state index in [1.54, 1.807) is 6.92 Å². The molecule has 1 aromatic rings. The third kappa shape index (κ3) is 4.15. The van der Waals surface area contributed by atoms with Crippen LogP contribution in [0, 0.1) is 0 Å². The minimum atomic E-state index is -3.22. The molecule has 0 aliphatic carbocycles. The fourth-order valence-electron chi connectivity index (χ4n) is 1.60.